The van der Waals surface area contributed by atoms with Crippen molar-refractivity contribution in [3.63, 3.8) is 0 Å². The van der Waals surface area contributed by atoms with Crippen molar-refractivity contribution in [1.82, 2.24) is 10.8 Å². The van der Waals surface area contributed by atoms with Gasteiger partial charge in [0.05, 0.1) is 5.70 Å². The fourth-order valence-corrected chi connectivity index (χ4v) is 3.46. The molecular weight excluding hydrogens is 560 g/mol. The minimum Gasteiger partial charge on any atom is -0.424 e. The molecular formula is C21H15BrF8N2O3. The third-order valence-electron chi connectivity index (χ3n) is 4.82. The van der Waals surface area contributed by atoms with Gasteiger partial charge in [-0.15, -0.1) is 0 Å². The average molecular weight is 575 g/mol. The van der Waals surface area contributed by atoms with E-state index in [1.807, 2.05) is 15.9 Å². The van der Waals surface area contributed by atoms with Crippen LogP contribution in [0.15, 0.2) is 48.5 Å². The number of nitrogens with one attached hydrogen (secondary N) is 2. The zero-order chi connectivity index (χ0) is 26.2. The van der Waals surface area contributed by atoms with Gasteiger partial charge in [0.1, 0.15) is 12.3 Å². The largest absolute Gasteiger partial charge is 0.459 e. The Balaban J connectivity index is 1.95. The number of rotatable bonds is 6. The van der Waals surface area contributed by atoms with E-state index >= 15 is 0 Å². The summed E-state index contributed by atoms with van der Waals surface area (Å²) in [6, 6.07) is 7.50. The molecule has 1 aliphatic rings. The van der Waals surface area contributed by atoms with E-state index in [9.17, 15) is 39.9 Å². The van der Waals surface area contributed by atoms with E-state index in [1.54, 1.807) is 5.32 Å². The van der Waals surface area contributed by atoms with E-state index in [0.717, 1.165) is 30.3 Å². The number of hydrogen-bond acceptors (Lipinski definition) is 4. The molecule has 0 fully saturated rings. The number of alkyl halides is 9. The van der Waals surface area contributed by atoms with Gasteiger partial charge in [-0.25, -0.2) is 0 Å². The lowest BCUT2D eigenvalue weighted by molar-refractivity contribution is -0.269. The Morgan fingerprint density at radius 2 is 1.77 bits per heavy atom. The summed E-state index contributed by atoms with van der Waals surface area (Å²) in [6.07, 6.45) is -8.99. The maximum atomic E-state index is 14.1. The van der Waals surface area contributed by atoms with E-state index < -0.39 is 46.7 Å². The molecule has 0 saturated heterocycles. The van der Waals surface area contributed by atoms with Crippen molar-refractivity contribution in [2.75, 3.05) is 6.54 Å². The molecule has 1 unspecified atom stereocenters. The molecule has 0 aromatic heterocycles. The highest BCUT2D eigenvalue weighted by Crippen LogP contribution is 2.48. The summed E-state index contributed by atoms with van der Waals surface area (Å²) in [5.74, 6) is -1.58. The fourth-order valence-electron chi connectivity index (χ4n) is 3.27. The molecule has 0 bridgehead atoms. The van der Waals surface area contributed by atoms with Gasteiger partial charge in [-0.2, -0.15) is 35.1 Å². The second-order valence-corrected chi connectivity index (χ2v) is 8.32. The smallest absolute Gasteiger partial charge is 0.424 e. The SMILES string of the molecule is Cc1cc(C2=CC(c3cccc(OC(F)(F)Br)c3)(C(F)(F)F)ON2)ccc1C(=O)NCC(F)(F)F. The van der Waals surface area contributed by atoms with E-state index in [-0.39, 0.29) is 22.4 Å². The number of benzene rings is 2. The van der Waals surface area contributed by atoms with Gasteiger partial charge >= 0.3 is 17.4 Å². The maximum Gasteiger partial charge on any atom is 0.459 e. The molecule has 190 valence electrons. The summed E-state index contributed by atoms with van der Waals surface area (Å²) >= 11 is 1.94. The Kier molecular flexibility index (Phi) is 7.10. The van der Waals surface area contributed by atoms with Gasteiger partial charge in [0.2, 0.25) is 5.60 Å². The van der Waals surface area contributed by atoms with Gasteiger partial charge in [-0.3, -0.25) is 15.1 Å². The Bertz CT molecular complexity index is 1140. The van der Waals surface area contributed by atoms with Crippen LogP contribution in [0.25, 0.3) is 5.70 Å². The lowest BCUT2D eigenvalue weighted by Crippen LogP contribution is -2.42. The first-order valence-corrected chi connectivity index (χ1v) is 10.4. The second-order valence-electron chi connectivity index (χ2n) is 7.40. The van der Waals surface area contributed by atoms with Crippen LogP contribution in [-0.4, -0.2) is 29.8 Å². The first kappa shape index (κ1) is 26.7. The van der Waals surface area contributed by atoms with Crippen molar-refractivity contribution in [1.29, 1.82) is 0 Å². The van der Waals surface area contributed by atoms with Crippen molar-refractivity contribution in [3.05, 3.63) is 70.8 Å². The van der Waals surface area contributed by atoms with Crippen LogP contribution < -0.4 is 15.5 Å². The van der Waals surface area contributed by atoms with Gasteiger partial charge < -0.3 is 10.1 Å². The predicted octanol–water partition coefficient (Wildman–Crippen LogP) is 5.94. The Morgan fingerprint density at radius 1 is 1.09 bits per heavy atom. The summed E-state index contributed by atoms with van der Waals surface area (Å²) in [7, 11) is 0. The molecule has 0 saturated carbocycles. The molecule has 35 heavy (non-hydrogen) atoms. The molecule has 0 radical (unpaired) electrons. The van der Waals surface area contributed by atoms with E-state index in [0.29, 0.717) is 6.08 Å². The predicted molar refractivity (Wildman–Crippen MR) is 110 cm³/mol. The van der Waals surface area contributed by atoms with E-state index in [1.165, 1.54) is 19.1 Å². The Labute approximate surface area is 201 Å². The number of ether oxygens (including phenoxy) is 1. The van der Waals surface area contributed by atoms with Crippen LogP contribution in [0.2, 0.25) is 0 Å². The normalized spacial score (nSPS) is 18.6. The lowest BCUT2D eigenvalue weighted by atomic mass is 9.91. The number of hydrogen-bond donors (Lipinski definition) is 2. The van der Waals surface area contributed by atoms with E-state index in [2.05, 4.69) is 10.2 Å². The number of amides is 1. The molecule has 2 N–H and O–H groups in total. The van der Waals surface area contributed by atoms with Gasteiger partial charge in [-0.1, -0.05) is 18.2 Å². The average Bonchev–Trinajstić information content (AvgIpc) is 3.17. The molecule has 2 aromatic rings. The van der Waals surface area contributed by atoms with Crippen LogP contribution in [0.4, 0.5) is 35.1 Å². The van der Waals surface area contributed by atoms with Crippen molar-refractivity contribution >= 4 is 27.5 Å². The molecule has 2 aromatic carbocycles. The first-order valence-electron chi connectivity index (χ1n) is 9.57. The highest BCUT2D eigenvalue weighted by Gasteiger charge is 2.59. The highest BCUT2D eigenvalue weighted by molar-refractivity contribution is 9.09. The zero-order valence-electron chi connectivity index (χ0n) is 17.5. The molecule has 1 heterocycles. The van der Waals surface area contributed by atoms with Crippen LogP contribution in [0.1, 0.15) is 27.0 Å². The Morgan fingerprint density at radius 3 is 2.34 bits per heavy atom. The first-order chi connectivity index (χ1) is 16.0. The summed E-state index contributed by atoms with van der Waals surface area (Å²) in [4.78, 5) is 16.9. The Hall–Kier alpha value is -2.87. The standard InChI is InChI=1S/C21H15BrF8N2O3/c1-11-7-12(5-6-15(11)17(33)31-10-19(23,24)25)16-9-18(35-32-16,20(26,27)28)13-3-2-4-14(8-13)34-21(22,29)30/h2-9,32H,10H2,1H3,(H,31,33). The molecule has 1 aliphatic heterocycles. The van der Waals surface area contributed by atoms with Crippen LogP contribution in [0.5, 0.6) is 5.75 Å². The van der Waals surface area contributed by atoms with E-state index in [4.69, 9.17) is 4.84 Å². The quantitative estimate of drug-likeness (QED) is 0.331. The monoisotopic (exact) mass is 574 g/mol. The minimum atomic E-state index is -5.05. The summed E-state index contributed by atoms with van der Waals surface area (Å²) in [5, 5.41) is -2.11. The van der Waals surface area contributed by atoms with Crippen molar-refractivity contribution in [2.24, 2.45) is 0 Å². The van der Waals surface area contributed by atoms with Crippen LogP contribution in [-0.2, 0) is 10.4 Å². The second kappa shape index (κ2) is 9.30. The third-order valence-corrected chi connectivity index (χ3v) is 4.98. The maximum absolute atomic E-state index is 14.1. The van der Waals surface area contributed by atoms with Crippen LogP contribution in [0.3, 0.4) is 0 Å². The summed E-state index contributed by atoms with van der Waals surface area (Å²) in [6.45, 7) is -0.161. The molecule has 0 spiro atoms. The summed E-state index contributed by atoms with van der Waals surface area (Å²) < 4.78 is 110. The molecule has 0 aliphatic carbocycles. The number of halogens is 9. The minimum absolute atomic E-state index is 0.111. The van der Waals surface area contributed by atoms with Crippen LogP contribution >= 0.6 is 15.9 Å². The van der Waals surface area contributed by atoms with Crippen molar-refractivity contribution < 1.29 is 49.5 Å². The van der Waals surface area contributed by atoms with Gasteiger partial charge in [0.15, 0.2) is 0 Å². The number of carbonyl (C=O) groups excluding carboxylic acids is 1. The van der Waals surface area contributed by atoms with Gasteiger partial charge in [0, 0.05) is 27.1 Å². The van der Waals surface area contributed by atoms with Crippen molar-refractivity contribution in [3.8, 4) is 5.75 Å². The topological polar surface area (TPSA) is 59.6 Å². The lowest BCUT2D eigenvalue weighted by Gasteiger charge is -2.28. The van der Waals surface area contributed by atoms with Crippen LogP contribution in [0, 0.1) is 6.92 Å². The third kappa shape index (κ3) is 6.23. The molecule has 1 atom stereocenters. The van der Waals surface area contributed by atoms with Crippen molar-refractivity contribution in [2.45, 2.75) is 29.9 Å². The summed E-state index contributed by atoms with van der Waals surface area (Å²) in [5.41, 5.74) is -1.48. The highest BCUT2D eigenvalue weighted by atomic mass is 79.9. The number of hydroxylamine groups is 1. The number of aryl methyl sites for hydroxylation is 1. The zero-order valence-corrected chi connectivity index (χ0v) is 19.0. The molecule has 5 nitrogen and oxygen atoms in total. The molecule has 1 amide bonds. The fraction of sp³-hybridized carbons (Fsp3) is 0.286. The number of carbonyl (C=O) groups is 1. The molecule has 14 heteroatoms. The molecule has 3 rings (SSSR count). The van der Waals surface area contributed by atoms with Gasteiger partial charge in [0.25, 0.3) is 5.91 Å². The van der Waals surface area contributed by atoms with Gasteiger partial charge in [-0.05, 0) is 48.4 Å².